The molecule has 0 heterocycles. The van der Waals surface area contributed by atoms with Gasteiger partial charge in [-0.1, -0.05) is 85.1 Å². The molecule has 0 aliphatic rings. The lowest BCUT2D eigenvalue weighted by Crippen LogP contribution is -2.02. The van der Waals surface area contributed by atoms with E-state index in [0.717, 1.165) is 31.6 Å². The van der Waals surface area contributed by atoms with E-state index in [9.17, 15) is 4.79 Å². The summed E-state index contributed by atoms with van der Waals surface area (Å²) in [5, 5.41) is 0. The van der Waals surface area contributed by atoms with E-state index in [1.807, 2.05) is 20.8 Å². The van der Waals surface area contributed by atoms with Crippen molar-refractivity contribution in [2.24, 2.45) is 5.92 Å². The van der Waals surface area contributed by atoms with Crippen LogP contribution in [-0.4, -0.2) is 5.78 Å². The highest BCUT2D eigenvalue weighted by Crippen LogP contribution is 2.15. The Morgan fingerprint density at radius 3 is 1.88 bits per heavy atom. The molecule has 0 aromatic heterocycles. The van der Waals surface area contributed by atoms with Gasteiger partial charge >= 0.3 is 0 Å². The van der Waals surface area contributed by atoms with Crippen LogP contribution in [0.3, 0.4) is 0 Å². The topological polar surface area (TPSA) is 17.1 Å². The van der Waals surface area contributed by atoms with Crippen LogP contribution in [0.4, 0.5) is 0 Å². The summed E-state index contributed by atoms with van der Waals surface area (Å²) in [5.74, 6) is 1.18. The predicted molar refractivity (Wildman–Crippen MR) is 110 cm³/mol. The van der Waals surface area contributed by atoms with Crippen molar-refractivity contribution in [2.45, 2.75) is 100 Å². The second kappa shape index (κ2) is 16.7. The van der Waals surface area contributed by atoms with Crippen molar-refractivity contribution in [1.29, 1.82) is 0 Å². The van der Waals surface area contributed by atoms with Gasteiger partial charge in [0.15, 0.2) is 0 Å². The van der Waals surface area contributed by atoms with Gasteiger partial charge in [0.25, 0.3) is 0 Å². The predicted octanol–water partition coefficient (Wildman–Crippen LogP) is 7.33. The van der Waals surface area contributed by atoms with Crippen molar-refractivity contribution >= 4 is 5.78 Å². The van der Waals surface area contributed by atoms with Gasteiger partial charge < -0.3 is 0 Å². The van der Waals surface area contributed by atoms with Crippen molar-refractivity contribution < 1.29 is 4.79 Å². The molecule has 1 aromatic carbocycles. The van der Waals surface area contributed by atoms with Gasteiger partial charge in [0.05, 0.1) is 0 Å². The molecular weight excluding hydrogens is 292 g/mol. The van der Waals surface area contributed by atoms with E-state index in [1.54, 1.807) is 0 Å². The standard InChI is InChI=1S/C11H16.C10H20O.C2H6/c1-4-10-7-6-9(3)8-11(10)5-2;1-4-9(5-2)7-8-10(11)6-3;1-2/h6-8H,4-5H2,1-3H3;9H,4-8H2,1-3H3;1-2H3. The number of aryl methyl sites for hydroxylation is 3. The van der Waals surface area contributed by atoms with Gasteiger partial charge in [-0.15, -0.1) is 0 Å². The van der Waals surface area contributed by atoms with Gasteiger partial charge in [-0.05, 0) is 43.2 Å². The normalized spacial score (nSPS) is 9.71. The molecule has 24 heavy (non-hydrogen) atoms. The molecule has 0 radical (unpaired) electrons. The maximum Gasteiger partial charge on any atom is 0.132 e. The summed E-state index contributed by atoms with van der Waals surface area (Å²) in [6, 6.07) is 6.73. The second-order valence-electron chi connectivity index (χ2n) is 6.09. The first-order chi connectivity index (χ1) is 11.5. The number of hydrogen-bond acceptors (Lipinski definition) is 1. The molecule has 0 atom stereocenters. The largest absolute Gasteiger partial charge is 0.300 e. The molecule has 0 saturated carbocycles. The third-order valence-corrected chi connectivity index (χ3v) is 4.50. The summed E-state index contributed by atoms with van der Waals surface area (Å²) in [6.45, 7) is 16.9. The zero-order valence-corrected chi connectivity index (χ0v) is 17.7. The van der Waals surface area contributed by atoms with Gasteiger partial charge in [-0.2, -0.15) is 0 Å². The third kappa shape index (κ3) is 11.4. The monoisotopic (exact) mass is 334 g/mol. The summed E-state index contributed by atoms with van der Waals surface area (Å²) in [7, 11) is 0. The molecule has 0 spiro atoms. The first-order valence-electron chi connectivity index (χ1n) is 10.1. The minimum absolute atomic E-state index is 0.414. The lowest BCUT2D eigenvalue weighted by atomic mass is 9.96. The molecule has 0 aliphatic carbocycles. The Morgan fingerprint density at radius 2 is 1.46 bits per heavy atom. The van der Waals surface area contributed by atoms with E-state index < -0.39 is 0 Å². The average molecular weight is 335 g/mol. The number of ketones is 1. The maximum atomic E-state index is 10.9. The van der Waals surface area contributed by atoms with Gasteiger partial charge in [0.2, 0.25) is 0 Å². The van der Waals surface area contributed by atoms with Crippen LogP contribution in [-0.2, 0) is 17.6 Å². The molecule has 0 unspecified atom stereocenters. The fraction of sp³-hybridized carbons (Fsp3) is 0.696. The van der Waals surface area contributed by atoms with Crippen LogP contribution < -0.4 is 0 Å². The summed E-state index contributed by atoms with van der Waals surface area (Å²) < 4.78 is 0. The van der Waals surface area contributed by atoms with Crippen LogP contribution >= 0.6 is 0 Å². The Bertz CT molecular complexity index is 416. The quantitative estimate of drug-likeness (QED) is 0.486. The van der Waals surface area contributed by atoms with E-state index >= 15 is 0 Å². The van der Waals surface area contributed by atoms with Crippen molar-refractivity contribution in [1.82, 2.24) is 0 Å². The number of carbonyl (C=O) groups excluding carboxylic acids is 1. The van der Waals surface area contributed by atoms with E-state index in [2.05, 4.69) is 52.8 Å². The highest BCUT2D eigenvalue weighted by Gasteiger charge is 2.05. The van der Waals surface area contributed by atoms with Crippen LogP contribution in [0.5, 0.6) is 0 Å². The molecule has 1 nitrogen and oxygen atoms in total. The molecule has 0 saturated heterocycles. The number of benzene rings is 1. The lowest BCUT2D eigenvalue weighted by Gasteiger charge is -2.09. The maximum absolute atomic E-state index is 10.9. The molecule has 1 rings (SSSR count). The molecule has 1 heteroatoms. The Labute approximate surface area is 152 Å². The molecular formula is C23H42O. The van der Waals surface area contributed by atoms with Gasteiger partial charge in [0.1, 0.15) is 5.78 Å². The van der Waals surface area contributed by atoms with Crippen molar-refractivity contribution in [3.63, 3.8) is 0 Å². The molecule has 140 valence electrons. The minimum Gasteiger partial charge on any atom is -0.300 e. The molecule has 1 aromatic rings. The Morgan fingerprint density at radius 1 is 0.917 bits per heavy atom. The summed E-state index contributed by atoms with van der Waals surface area (Å²) >= 11 is 0. The number of carbonyl (C=O) groups is 1. The molecule has 0 bridgehead atoms. The van der Waals surface area contributed by atoms with Gasteiger partial charge in [0, 0.05) is 12.8 Å². The highest BCUT2D eigenvalue weighted by atomic mass is 16.1. The van der Waals surface area contributed by atoms with E-state index in [1.165, 1.54) is 29.5 Å². The van der Waals surface area contributed by atoms with Gasteiger partial charge in [-0.25, -0.2) is 0 Å². The minimum atomic E-state index is 0.414. The molecule has 0 amide bonds. The van der Waals surface area contributed by atoms with Crippen LogP contribution in [0.2, 0.25) is 0 Å². The molecule has 0 aliphatic heterocycles. The third-order valence-electron chi connectivity index (χ3n) is 4.50. The van der Waals surface area contributed by atoms with E-state index in [-0.39, 0.29) is 0 Å². The van der Waals surface area contributed by atoms with Gasteiger partial charge in [-0.3, -0.25) is 4.79 Å². The first-order valence-corrected chi connectivity index (χ1v) is 10.1. The number of rotatable bonds is 8. The second-order valence-corrected chi connectivity index (χ2v) is 6.09. The Kier molecular flexibility index (Phi) is 17.5. The fourth-order valence-corrected chi connectivity index (χ4v) is 2.67. The van der Waals surface area contributed by atoms with Crippen molar-refractivity contribution in [3.8, 4) is 0 Å². The molecule has 0 N–H and O–H groups in total. The van der Waals surface area contributed by atoms with Crippen LogP contribution in [0.1, 0.15) is 97.3 Å². The SMILES string of the molecule is CC.CCC(=O)CCC(CC)CC.CCc1ccc(C)cc1CC. The summed E-state index contributed by atoms with van der Waals surface area (Å²) in [4.78, 5) is 10.9. The van der Waals surface area contributed by atoms with Crippen LogP contribution in [0.15, 0.2) is 18.2 Å². The number of hydrogen-bond donors (Lipinski definition) is 0. The summed E-state index contributed by atoms with van der Waals surface area (Å²) in [6.07, 6.45) is 7.35. The first kappa shape index (κ1) is 25.1. The fourth-order valence-electron chi connectivity index (χ4n) is 2.67. The van der Waals surface area contributed by atoms with Crippen molar-refractivity contribution in [3.05, 3.63) is 34.9 Å². The zero-order valence-electron chi connectivity index (χ0n) is 17.7. The van der Waals surface area contributed by atoms with Crippen molar-refractivity contribution in [2.75, 3.05) is 0 Å². The van der Waals surface area contributed by atoms with E-state index in [0.29, 0.717) is 12.2 Å². The van der Waals surface area contributed by atoms with Crippen LogP contribution in [0, 0.1) is 12.8 Å². The Balaban J connectivity index is 0. The average Bonchev–Trinajstić information content (AvgIpc) is 2.64. The molecule has 0 fully saturated rings. The zero-order chi connectivity index (χ0) is 19.0. The number of Topliss-reactive ketones (excluding diaryl/α,β-unsaturated/α-hetero) is 1. The highest BCUT2D eigenvalue weighted by molar-refractivity contribution is 5.77. The van der Waals surface area contributed by atoms with Crippen LogP contribution in [0.25, 0.3) is 0 Å². The summed E-state index contributed by atoms with van der Waals surface area (Å²) in [5.41, 5.74) is 4.38. The lowest BCUT2D eigenvalue weighted by molar-refractivity contribution is -0.119. The smallest absolute Gasteiger partial charge is 0.132 e. The van der Waals surface area contributed by atoms with E-state index in [4.69, 9.17) is 0 Å². The Hall–Kier alpha value is -1.11.